The predicted octanol–water partition coefficient (Wildman–Crippen LogP) is 1.87. The van der Waals surface area contributed by atoms with E-state index in [2.05, 4.69) is 13.8 Å². The smallest absolute Gasteiger partial charge is 0.136 e. The molecular weight excluding hydrogens is 136 g/mol. The molecule has 3 aliphatic carbocycles. The van der Waals surface area contributed by atoms with Crippen LogP contribution in [0, 0.1) is 29.1 Å². The number of carbonyl (C=O) groups is 1. The van der Waals surface area contributed by atoms with Gasteiger partial charge in [-0.25, -0.2) is 0 Å². The molecule has 11 heavy (non-hydrogen) atoms. The van der Waals surface area contributed by atoms with Gasteiger partial charge in [0.15, 0.2) is 0 Å². The summed E-state index contributed by atoms with van der Waals surface area (Å²) in [6, 6.07) is 0. The zero-order chi connectivity index (χ0) is 7.80. The largest absolute Gasteiger partial charge is 0.299 e. The molecule has 0 radical (unpaired) electrons. The number of hydrogen-bond donors (Lipinski definition) is 0. The highest BCUT2D eigenvalue weighted by Crippen LogP contribution is 2.88. The van der Waals surface area contributed by atoms with Crippen molar-refractivity contribution in [3.05, 3.63) is 0 Å². The Morgan fingerprint density at radius 1 is 1.45 bits per heavy atom. The van der Waals surface area contributed by atoms with Crippen LogP contribution in [0.25, 0.3) is 0 Å². The first-order valence-corrected chi connectivity index (χ1v) is 4.72. The molecule has 0 heterocycles. The third-order valence-electron chi connectivity index (χ3n) is 4.40. The Labute approximate surface area is 67.2 Å². The number of rotatable bonds is 1. The van der Waals surface area contributed by atoms with E-state index in [0.717, 1.165) is 24.2 Å². The summed E-state index contributed by atoms with van der Waals surface area (Å²) in [5, 5.41) is 0. The van der Waals surface area contributed by atoms with E-state index in [9.17, 15) is 4.79 Å². The lowest BCUT2D eigenvalue weighted by Gasteiger charge is -2.34. The van der Waals surface area contributed by atoms with Crippen LogP contribution in [0.1, 0.15) is 26.7 Å². The van der Waals surface area contributed by atoms with Crippen LogP contribution < -0.4 is 0 Å². The summed E-state index contributed by atoms with van der Waals surface area (Å²) in [5.41, 5.74) is 0.665. The van der Waals surface area contributed by atoms with Gasteiger partial charge in [0, 0.05) is 12.3 Å². The maximum Gasteiger partial charge on any atom is 0.136 e. The van der Waals surface area contributed by atoms with Crippen molar-refractivity contribution < 1.29 is 4.79 Å². The van der Waals surface area contributed by atoms with Crippen molar-refractivity contribution in [2.24, 2.45) is 29.1 Å². The fourth-order valence-electron chi connectivity index (χ4n) is 3.68. The van der Waals surface area contributed by atoms with Gasteiger partial charge in [0.1, 0.15) is 5.78 Å². The van der Waals surface area contributed by atoms with Crippen molar-refractivity contribution in [2.75, 3.05) is 0 Å². The van der Waals surface area contributed by atoms with Crippen molar-refractivity contribution in [2.45, 2.75) is 26.7 Å². The van der Waals surface area contributed by atoms with Crippen LogP contribution in [0.2, 0.25) is 0 Å². The van der Waals surface area contributed by atoms with E-state index in [4.69, 9.17) is 0 Å². The molecule has 0 spiro atoms. The minimum Gasteiger partial charge on any atom is -0.299 e. The molecule has 0 aromatic rings. The Balaban J connectivity index is 1.87. The second kappa shape index (κ2) is 1.41. The standard InChI is InChI=1S/C10H14O/c1-5(2)10-4-3-6(11)7-8(10)9(7)10/h5,7-9H,3-4H2,1-2H3/t7?,8-,9?,10?/m1/s1. The highest BCUT2D eigenvalue weighted by molar-refractivity contribution is 5.89. The van der Waals surface area contributed by atoms with E-state index in [1.807, 2.05) is 0 Å². The van der Waals surface area contributed by atoms with Crippen LogP contribution in [0.3, 0.4) is 0 Å². The third-order valence-corrected chi connectivity index (χ3v) is 4.40. The predicted molar refractivity (Wildman–Crippen MR) is 42.0 cm³/mol. The van der Waals surface area contributed by atoms with Crippen LogP contribution in [0.15, 0.2) is 0 Å². The summed E-state index contributed by atoms with van der Waals surface area (Å²) in [4.78, 5) is 11.2. The fourth-order valence-corrected chi connectivity index (χ4v) is 3.68. The average Bonchev–Trinajstić information content (AvgIpc) is 2.72. The van der Waals surface area contributed by atoms with Crippen molar-refractivity contribution in [3.63, 3.8) is 0 Å². The summed E-state index contributed by atoms with van der Waals surface area (Å²) >= 11 is 0. The Morgan fingerprint density at radius 3 is 2.55 bits per heavy atom. The lowest BCUT2D eigenvalue weighted by atomic mass is 9.69. The average molecular weight is 150 g/mol. The monoisotopic (exact) mass is 150 g/mol. The molecule has 1 heteroatoms. The number of Topliss-reactive ketones (excluding diaryl/α,β-unsaturated/α-hetero) is 1. The molecule has 3 unspecified atom stereocenters. The van der Waals surface area contributed by atoms with Crippen LogP contribution in [-0.4, -0.2) is 5.78 Å². The number of ketones is 1. The van der Waals surface area contributed by atoms with Gasteiger partial charge in [-0.3, -0.25) is 4.79 Å². The molecule has 0 bridgehead atoms. The molecule has 3 rings (SSSR count). The first-order chi connectivity index (χ1) is 5.19. The van der Waals surface area contributed by atoms with Gasteiger partial charge in [-0.05, 0) is 29.6 Å². The molecule has 0 aromatic carbocycles. The first kappa shape index (κ1) is 6.22. The second-order valence-electron chi connectivity index (χ2n) is 4.81. The number of hydrogen-bond acceptors (Lipinski definition) is 1. The molecular formula is C10H14O. The summed E-state index contributed by atoms with van der Waals surface area (Å²) in [6.45, 7) is 4.64. The number of fused-ring (bicyclic) bond motifs is 2. The highest BCUT2D eigenvalue weighted by Gasteiger charge is 2.87. The van der Waals surface area contributed by atoms with Gasteiger partial charge in [-0.15, -0.1) is 0 Å². The molecule has 60 valence electrons. The maximum absolute atomic E-state index is 11.2. The fraction of sp³-hybridized carbons (Fsp3) is 0.900. The van der Waals surface area contributed by atoms with Gasteiger partial charge in [0.05, 0.1) is 0 Å². The van der Waals surface area contributed by atoms with Crippen molar-refractivity contribution in [3.8, 4) is 0 Å². The van der Waals surface area contributed by atoms with Crippen molar-refractivity contribution in [1.29, 1.82) is 0 Å². The maximum atomic E-state index is 11.2. The minimum atomic E-state index is 0.547. The molecule has 0 amide bonds. The molecule has 3 saturated carbocycles. The second-order valence-corrected chi connectivity index (χ2v) is 4.81. The lowest BCUT2D eigenvalue weighted by molar-refractivity contribution is -0.126. The van der Waals surface area contributed by atoms with Crippen LogP contribution in [0.5, 0.6) is 0 Å². The molecule has 4 atom stereocenters. The molecule has 0 aliphatic heterocycles. The van der Waals surface area contributed by atoms with Gasteiger partial charge in [-0.2, -0.15) is 0 Å². The molecule has 3 fully saturated rings. The van der Waals surface area contributed by atoms with Gasteiger partial charge in [-0.1, -0.05) is 13.8 Å². The number of carbonyl (C=O) groups excluding carboxylic acids is 1. The Kier molecular flexibility index (Phi) is 0.799. The SMILES string of the molecule is CC(C)C12CCC(=O)C3C1[C@@H]32. The summed E-state index contributed by atoms with van der Waals surface area (Å²) in [6.07, 6.45) is 2.09. The quantitative estimate of drug-likeness (QED) is 0.557. The molecule has 0 aromatic heterocycles. The third kappa shape index (κ3) is 0.447. The first-order valence-electron chi connectivity index (χ1n) is 4.72. The molecule has 0 saturated heterocycles. The molecule has 3 aliphatic rings. The van der Waals surface area contributed by atoms with E-state index >= 15 is 0 Å². The Hall–Kier alpha value is -0.330. The normalized spacial score (nSPS) is 57.7. The molecule has 0 N–H and O–H groups in total. The van der Waals surface area contributed by atoms with Gasteiger partial charge >= 0.3 is 0 Å². The van der Waals surface area contributed by atoms with Crippen LogP contribution in [-0.2, 0) is 4.79 Å². The van der Waals surface area contributed by atoms with E-state index < -0.39 is 0 Å². The summed E-state index contributed by atoms with van der Waals surface area (Å²) in [5.74, 6) is 3.64. The van der Waals surface area contributed by atoms with Crippen molar-refractivity contribution in [1.82, 2.24) is 0 Å². The van der Waals surface area contributed by atoms with E-state index in [1.165, 1.54) is 6.42 Å². The minimum absolute atomic E-state index is 0.547. The zero-order valence-corrected chi connectivity index (χ0v) is 7.13. The summed E-state index contributed by atoms with van der Waals surface area (Å²) in [7, 11) is 0. The van der Waals surface area contributed by atoms with Crippen molar-refractivity contribution >= 4 is 5.78 Å². The van der Waals surface area contributed by atoms with E-state index in [0.29, 0.717) is 17.1 Å². The van der Waals surface area contributed by atoms with Crippen LogP contribution >= 0.6 is 0 Å². The molecule has 1 nitrogen and oxygen atoms in total. The van der Waals surface area contributed by atoms with Gasteiger partial charge < -0.3 is 0 Å². The topological polar surface area (TPSA) is 17.1 Å². The van der Waals surface area contributed by atoms with Gasteiger partial charge in [0.2, 0.25) is 0 Å². The highest BCUT2D eigenvalue weighted by atomic mass is 16.1. The zero-order valence-electron chi connectivity index (χ0n) is 7.13. The lowest BCUT2D eigenvalue weighted by Crippen LogP contribution is -2.33. The Morgan fingerprint density at radius 2 is 2.09 bits per heavy atom. The van der Waals surface area contributed by atoms with E-state index in [-0.39, 0.29) is 0 Å². The summed E-state index contributed by atoms with van der Waals surface area (Å²) < 4.78 is 0. The van der Waals surface area contributed by atoms with Gasteiger partial charge in [0.25, 0.3) is 0 Å². The van der Waals surface area contributed by atoms with Crippen LogP contribution in [0.4, 0.5) is 0 Å². The van der Waals surface area contributed by atoms with E-state index in [1.54, 1.807) is 0 Å². The Bertz CT molecular complexity index is 231.